The number of esters is 1. The third-order valence-corrected chi connectivity index (χ3v) is 7.74. The number of methoxy groups -OCH3 is 1. The molecule has 1 N–H and O–H groups in total. The number of hydrogen-bond donors (Lipinski definition) is 1. The molecule has 1 aliphatic heterocycles. The van der Waals surface area contributed by atoms with Crippen molar-refractivity contribution in [2.24, 2.45) is 4.99 Å². The van der Waals surface area contributed by atoms with Crippen LogP contribution in [-0.4, -0.2) is 38.8 Å². The van der Waals surface area contributed by atoms with E-state index in [2.05, 4.69) is 9.71 Å². The summed E-state index contributed by atoms with van der Waals surface area (Å²) in [6, 6.07) is 17.4. The first-order valence-electron chi connectivity index (χ1n) is 10.6. The van der Waals surface area contributed by atoms with Gasteiger partial charge >= 0.3 is 5.97 Å². The number of carbonyl (C=O) groups is 2. The Hall–Kier alpha value is -4.16. The molecule has 0 radical (unpaired) electrons. The van der Waals surface area contributed by atoms with Gasteiger partial charge < -0.3 is 18.8 Å². The van der Waals surface area contributed by atoms with Crippen molar-refractivity contribution in [1.29, 1.82) is 0 Å². The number of fused-ring (bicyclic) bond motifs is 2. The highest BCUT2D eigenvalue weighted by molar-refractivity contribution is 7.92. The van der Waals surface area contributed by atoms with Crippen LogP contribution in [0.15, 0.2) is 76.6 Å². The maximum absolute atomic E-state index is 13.1. The number of hydrogen-bond acceptors (Lipinski definition) is 8. The van der Waals surface area contributed by atoms with E-state index in [0.717, 1.165) is 4.70 Å². The maximum Gasteiger partial charge on any atom is 0.325 e. The monoisotopic (exact) mass is 525 g/mol. The molecule has 184 valence electrons. The lowest BCUT2D eigenvalue weighted by Gasteiger charge is -2.08. The van der Waals surface area contributed by atoms with Crippen LogP contribution in [0.25, 0.3) is 10.2 Å². The molecule has 0 bridgehead atoms. The molecule has 5 rings (SSSR count). The van der Waals surface area contributed by atoms with E-state index in [-0.39, 0.29) is 34.3 Å². The molecule has 1 amide bonds. The van der Waals surface area contributed by atoms with E-state index in [4.69, 9.17) is 14.2 Å². The molecule has 1 aromatic heterocycles. The van der Waals surface area contributed by atoms with Crippen molar-refractivity contribution in [2.45, 2.75) is 11.4 Å². The highest BCUT2D eigenvalue weighted by atomic mass is 32.2. The SMILES string of the molecule is COC(=O)Cn1c(=NC(=O)c2cccc(NS(=O)(=O)c3ccccc3)c2)sc2cc3c(cc21)OCO3. The first-order valence-corrected chi connectivity index (χ1v) is 12.9. The zero-order chi connectivity index (χ0) is 25.3. The van der Waals surface area contributed by atoms with Crippen molar-refractivity contribution in [1.82, 2.24) is 4.57 Å². The Kier molecular flexibility index (Phi) is 6.20. The Balaban J connectivity index is 1.51. The fraction of sp³-hybridized carbons (Fsp3) is 0.125. The van der Waals surface area contributed by atoms with Gasteiger partial charge in [-0.15, -0.1) is 0 Å². The van der Waals surface area contributed by atoms with E-state index in [1.54, 1.807) is 41.0 Å². The van der Waals surface area contributed by atoms with E-state index in [1.165, 1.54) is 48.8 Å². The summed E-state index contributed by atoms with van der Waals surface area (Å²) >= 11 is 1.20. The lowest BCUT2D eigenvalue weighted by molar-refractivity contribution is -0.141. The predicted molar refractivity (Wildman–Crippen MR) is 132 cm³/mol. The second-order valence-corrected chi connectivity index (χ2v) is 10.3. The van der Waals surface area contributed by atoms with Crippen molar-refractivity contribution in [2.75, 3.05) is 18.6 Å². The van der Waals surface area contributed by atoms with Crippen LogP contribution in [0.3, 0.4) is 0 Å². The van der Waals surface area contributed by atoms with Crippen LogP contribution in [0.4, 0.5) is 5.69 Å². The first-order chi connectivity index (χ1) is 17.3. The molecule has 3 aromatic carbocycles. The molecule has 0 saturated heterocycles. The van der Waals surface area contributed by atoms with Gasteiger partial charge in [-0.2, -0.15) is 4.99 Å². The van der Waals surface area contributed by atoms with Crippen LogP contribution in [0.5, 0.6) is 11.5 Å². The number of benzene rings is 3. The molecule has 0 saturated carbocycles. The molecule has 0 unspecified atom stereocenters. The zero-order valence-corrected chi connectivity index (χ0v) is 20.5. The lowest BCUT2D eigenvalue weighted by atomic mass is 10.2. The zero-order valence-electron chi connectivity index (χ0n) is 18.8. The summed E-state index contributed by atoms with van der Waals surface area (Å²) in [5, 5.41) is 0. The highest BCUT2D eigenvalue weighted by Crippen LogP contribution is 2.37. The van der Waals surface area contributed by atoms with E-state index >= 15 is 0 Å². The van der Waals surface area contributed by atoms with Gasteiger partial charge in [0.2, 0.25) is 6.79 Å². The quantitative estimate of drug-likeness (QED) is 0.383. The van der Waals surface area contributed by atoms with E-state index in [9.17, 15) is 18.0 Å². The maximum atomic E-state index is 13.1. The van der Waals surface area contributed by atoms with Gasteiger partial charge in [-0.3, -0.25) is 14.3 Å². The van der Waals surface area contributed by atoms with Gasteiger partial charge in [0.1, 0.15) is 6.54 Å². The number of ether oxygens (including phenoxy) is 3. The minimum Gasteiger partial charge on any atom is -0.468 e. The number of rotatable bonds is 6. The van der Waals surface area contributed by atoms with Gasteiger partial charge in [0.25, 0.3) is 15.9 Å². The molecule has 0 fully saturated rings. The summed E-state index contributed by atoms with van der Waals surface area (Å²) in [7, 11) is -2.56. The number of sulfonamides is 1. The normalized spacial score (nSPS) is 13.1. The van der Waals surface area contributed by atoms with Crippen molar-refractivity contribution in [3.05, 3.63) is 77.1 Å². The molecule has 2 heterocycles. The summed E-state index contributed by atoms with van der Waals surface area (Å²) in [4.78, 5) is 29.7. The molecule has 0 aliphatic carbocycles. The summed E-state index contributed by atoms with van der Waals surface area (Å²) in [5.41, 5.74) is 1.01. The van der Waals surface area contributed by atoms with Gasteiger partial charge in [-0.1, -0.05) is 35.6 Å². The van der Waals surface area contributed by atoms with Crippen molar-refractivity contribution in [3.63, 3.8) is 0 Å². The highest BCUT2D eigenvalue weighted by Gasteiger charge is 2.20. The Bertz CT molecular complexity index is 1660. The molecule has 36 heavy (non-hydrogen) atoms. The Labute approximate surface area is 209 Å². The number of anilines is 1. The van der Waals surface area contributed by atoms with Crippen molar-refractivity contribution >= 4 is 49.1 Å². The standard InChI is InChI=1S/C24H19N3O7S2/c1-32-22(28)13-27-18-11-19-20(34-14-33-19)12-21(18)35-24(27)25-23(29)15-6-5-7-16(10-15)26-36(30,31)17-8-3-2-4-9-17/h2-12,26H,13-14H2,1H3. The van der Waals surface area contributed by atoms with E-state index < -0.39 is 21.9 Å². The summed E-state index contributed by atoms with van der Waals surface area (Å²) in [5.74, 6) is -0.0417. The molecule has 10 nitrogen and oxygen atoms in total. The second kappa shape index (κ2) is 9.47. The van der Waals surface area contributed by atoms with Crippen molar-refractivity contribution in [3.8, 4) is 11.5 Å². The lowest BCUT2D eigenvalue weighted by Crippen LogP contribution is -2.22. The largest absolute Gasteiger partial charge is 0.468 e. The predicted octanol–water partition coefficient (Wildman–Crippen LogP) is 3.15. The fourth-order valence-corrected chi connectivity index (χ4v) is 5.68. The number of nitrogens with zero attached hydrogens (tertiary/aromatic N) is 2. The molecular formula is C24H19N3O7S2. The Morgan fingerprint density at radius 2 is 1.81 bits per heavy atom. The third kappa shape index (κ3) is 4.68. The van der Waals surface area contributed by atoms with Gasteiger partial charge in [-0.25, -0.2) is 8.42 Å². The first kappa shape index (κ1) is 23.6. The number of aromatic nitrogens is 1. The molecule has 0 spiro atoms. The van der Waals surface area contributed by atoms with Gasteiger partial charge in [0.05, 0.1) is 22.2 Å². The van der Waals surface area contributed by atoms with Crippen molar-refractivity contribution < 1.29 is 32.2 Å². The Morgan fingerprint density at radius 3 is 2.56 bits per heavy atom. The number of thiazole rings is 1. The topological polar surface area (TPSA) is 125 Å². The van der Waals surface area contributed by atoms with Gasteiger partial charge in [-0.05, 0) is 30.3 Å². The minimum absolute atomic E-state index is 0.0976. The number of amides is 1. The summed E-state index contributed by atoms with van der Waals surface area (Å²) < 4.78 is 45.7. The van der Waals surface area contributed by atoms with Crippen LogP contribution < -0.4 is 19.0 Å². The summed E-state index contributed by atoms with van der Waals surface area (Å²) in [6.07, 6.45) is 0. The van der Waals surface area contributed by atoms with Crippen LogP contribution >= 0.6 is 11.3 Å². The molecule has 4 aromatic rings. The minimum atomic E-state index is -3.83. The van der Waals surface area contributed by atoms with Crippen LogP contribution in [0, 0.1) is 0 Å². The number of carbonyl (C=O) groups excluding carboxylic acids is 2. The van der Waals surface area contributed by atoms with E-state index in [0.29, 0.717) is 17.0 Å². The van der Waals surface area contributed by atoms with Crippen LogP contribution in [0.2, 0.25) is 0 Å². The smallest absolute Gasteiger partial charge is 0.325 e. The average molecular weight is 526 g/mol. The van der Waals surface area contributed by atoms with Gasteiger partial charge in [0.15, 0.2) is 16.3 Å². The fourth-order valence-electron chi connectivity index (χ4n) is 3.57. The Morgan fingerprint density at radius 1 is 1.06 bits per heavy atom. The van der Waals surface area contributed by atoms with Crippen LogP contribution in [-0.2, 0) is 26.1 Å². The van der Waals surface area contributed by atoms with E-state index in [1.807, 2.05) is 0 Å². The average Bonchev–Trinajstić information content (AvgIpc) is 3.46. The molecule has 12 heteroatoms. The second-order valence-electron chi connectivity index (χ2n) is 7.64. The summed E-state index contributed by atoms with van der Waals surface area (Å²) in [6.45, 7) is -0.0666. The molecular weight excluding hydrogens is 506 g/mol. The number of nitrogens with one attached hydrogen (secondary N) is 1. The molecule has 0 atom stereocenters. The van der Waals surface area contributed by atoms with Crippen LogP contribution in [0.1, 0.15) is 10.4 Å². The molecule has 1 aliphatic rings. The third-order valence-electron chi connectivity index (χ3n) is 5.30. The van der Waals surface area contributed by atoms with Gasteiger partial charge in [0, 0.05) is 23.4 Å².